The molecule has 0 atom stereocenters. The highest BCUT2D eigenvalue weighted by Crippen LogP contribution is 2.22. The van der Waals surface area contributed by atoms with Gasteiger partial charge in [0.25, 0.3) is 0 Å². The fraction of sp³-hybridized carbons (Fsp3) is 0.188. The van der Waals surface area contributed by atoms with Gasteiger partial charge in [-0.15, -0.1) is 0 Å². The van der Waals surface area contributed by atoms with E-state index in [0.29, 0.717) is 0 Å². The molecule has 2 N–H and O–H groups in total. The molecule has 2 aromatic carbocycles. The van der Waals surface area contributed by atoms with Gasteiger partial charge in [-0.1, -0.05) is 35.4 Å². The van der Waals surface area contributed by atoms with Gasteiger partial charge in [0.2, 0.25) is 10.0 Å². The lowest BCUT2D eigenvalue weighted by atomic mass is 10.1. The highest BCUT2D eigenvalue weighted by Gasteiger charge is 2.17. The number of aryl methyl sites for hydroxylation is 2. The van der Waals surface area contributed by atoms with E-state index in [1.807, 2.05) is 32.0 Å². The molecule has 0 bridgehead atoms. The van der Waals surface area contributed by atoms with Crippen molar-refractivity contribution in [1.29, 1.82) is 0 Å². The van der Waals surface area contributed by atoms with Crippen LogP contribution in [0.5, 0.6) is 0 Å². The summed E-state index contributed by atoms with van der Waals surface area (Å²) in [5.41, 5.74) is 3.03. The Labute approximate surface area is 140 Å². The number of rotatable bonds is 4. The molecule has 122 valence electrons. The quantitative estimate of drug-likeness (QED) is 0.856. The first-order valence-corrected chi connectivity index (χ1v) is 8.66. The Morgan fingerprint density at radius 3 is 2.52 bits per heavy atom. The molecule has 5 nitrogen and oxygen atoms in total. The second-order valence-corrected chi connectivity index (χ2v) is 7.13. The zero-order valence-corrected chi connectivity index (χ0v) is 14.2. The molecule has 0 amide bonds. The van der Waals surface area contributed by atoms with E-state index >= 15 is 0 Å². The Morgan fingerprint density at radius 1 is 1.17 bits per heavy atom. The highest BCUT2D eigenvalue weighted by molar-refractivity contribution is 7.89. The molecule has 0 unspecified atom stereocenters. The van der Waals surface area contributed by atoms with Crippen LogP contribution in [0.2, 0.25) is 5.02 Å². The lowest BCUT2D eigenvalue weighted by Gasteiger charge is -2.09. The summed E-state index contributed by atoms with van der Waals surface area (Å²) < 4.78 is 28.1. The van der Waals surface area contributed by atoms with E-state index in [-0.39, 0.29) is 22.1 Å². The molecular weight excluding hydrogens is 338 g/mol. The molecule has 0 saturated heterocycles. The van der Waals surface area contributed by atoms with Crippen molar-refractivity contribution in [2.75, 3.05) is 0 Å². The predicted octanol–water partition coefficient (Wildman–Crippen LogP) is 2.96. The maximum absolute atomic E-state index is 12.1. The molecule has 0 radical (unpaired) electrons. The number of primary sulfonamides is 1. The van der Waals surface area contributed by atoms with Gasteiger partial charge in [-0.3, -0.25) is 0 Å². The smallest absolute Gasteiger partial charge is 0.338 e. The topological polar surface area (TPSA) is 86.5 Å². The monoisotopic (exact) mass is 353 g/mol. The number of carbonyl (C=O) groups is 1. The molecule has 0 aliphatic carbocycles. The van der Waals surface area contributed by atoms with Gasteiger partial charge in [-0.05, 0) is 43.2 Å². The second-order valence-electron chi connectivity index (χ2n) is 5.20. The number of esters is 1. The van der Waals surface area contributed by atoms with Crippen molar-refractivity contribution < 1.29 is 17.9 Å². The maximum atomic E-state index is 12.1. The van der Waals surface area contributed by atoms with Crippen molar-refractivity contribution in [3.8, 4) is 0 Å². The standard InChI is InChI=1S/C16H16ClNO4S/c1-10-3-4-11(2)13(7-10)9-22-16(19)12-5-6-14(17)15(8-12)23(18,20)21/h3-8H,9H2,1-2H3,(H2,18,20,21). The summed E-state index contributed by atoms with van der Waals surface area (Å²) in [5, 5.41) is 5.02. The minimum Gasteiger partial charge on any atom is -0.457 e. The van der Waals surface area contributed by atoms with E-state index in [1.54, 1.807) is 0 Å². The van der Waals surface area contributed by atoms with Crippen LogP contribution in [0.25, 0.3) is 0 Å². The van der Waals surface area contributed by atoms with Gasteiger partial charge >= 0.3 is 5.97 Å². The fourth-order valence-corrected chi connectivity index (χ4v) is 3.10. The Morgan fingerprint density at radius 2 is 1.87 bits per heavy atom. The average Bonchev–Trinajstić information content (AvgIpc) is 2.47. The highest BCUT2D eigenvalue weighted by atomic mass is 35.5. The van der Waals surface area contributed by atoms with E-state index in [9.17, 15) is 13.2 Å². The van der Waals surface area contributed by atoms with Gasteiger partial charge in [-0.2, -0.15) is 0 Å². The van der Waals surface area contributed by atoms with Gasteiger partial charge < -0.3 is 4.74 Å². The molecule has 23 heavy (non-hydrogen) atoms. The molecule has 0 saturated carbocycles. The molecule has 0 fully saturated rings. The third-order valence-electron chi connectivity index (χ3n) is 3.34. The number of sulfonamides is 1. The summed E-state index contributed by atoms with van der Waals surface area (Å²) in [5.74, 6) is -0.646. The van der Waals surface area contributed by atoms with E-state index in [4.69, 9.17) is 21.5 Å². The van der Waals surface area contributed by atoms with Crippen LogP contribution in [0.15, 0.2) is 41.3 Å². The third kappa shape index (κ3) is 4.31. The van der Waals surface area contributed by atoms with Gasteiger partial charge in [0.15, 0.2) is 0 Å². The van der Waals surface area contributed by atoms with Crippen molar-refractivity contribution >= 4 is 27.6 Å². The van der Waals surface area contributed by atoms with E-state index in [0.717, 1.165) is 22.8 Å². The number of halogens is 1. The number of carbonyl (C=O) groups excluding carboxylic acids is 1. The first-order valence-electron chi connectivity index (χ1n) is 6.74. The van der Waals surface area contributed by atoms with Crippen LogP contribution < -0.4 is 5.14 Å². The van der Waals surface area contributed by atoms with Crippen LogP contribution in [-0.4, -0.2) is 14.4 Å². The number of ether oxygens (including phenoxy) is 1. The molecule has 7 heteroatoms. The van der Waals surface area contributed by atoms with E-state index in [1.165, 1.54) is 12.1 Å². The molecular formula is C16H16ClNO4S. The molecule has 2 rings (SSSR count). The van der Waals surface area contributed by atoms with Crippen LogP contribution in [-0.2, 0) is 21.4 Å². The normalized spacial score (nSPS) is 11.3. The summed E-state index contributed by atoms with van der Waals surface area (Å²) in [6.07, 6.45) is 0. The Bertz CT molecular complexity index is 862. The molecule has 0 spiro atoms. The van der Waals surface area contributed by atoms with Crippen molar-refractivity contribution in [2.24, 2.45) is 5.14 Å². The molecule has 0 aliphatic rings. The second kappa shape index (κ2) is 6.70. The first kappa shape index (κ1) is 17.5. The minimum atomic E-state index is -4.01. The van der Waals surface area contributed by atoms with Gasteiger partial charge in [0, 0.05) is 0 Å². The lowest BCUT2D eigenvalue weighted by molar-refractivity contribution is 0.0472. The van der Waals surface area contributed by atoms with Crippen molar-refractivity contribution in [1.82, 2.24) is 0 Å². The van der Waals surface area contributed by atoms with Crippen LogP contribution in [0.4, 0.5) is 0 Å². The maximum Gasteiger partial charge on any atom is 0.338 e. The van der Waals surface area contributed by atoms with Crippen LogP contribution >= 0.6 is 11.6 Å². The summed E-state index contributed by atoms with van der Waals surface area (Å²) in [4.78, 5) is 11.8. The number of benzene rings is 2. The number of hydrogen-bond acceptors (Lipinski definition) is 4. The largest absolute Gasteiger partial charge is 0.457 e. The van der Waals surface area contributed by atoms with Crippen LogP contribution in [0.1, 0.15) is 27.0 Å². The van der Waals surface area contributed by atoms with Crippen molar-refractivity contribution in [3.05, 3.63) is 63.7 Å². The Hall–Kier alpha value is -1.89. The summed E-state index contributed by atoms with van der Waals surface area (Å²) in [7, 11) is -4.01. The molecule has 0 aliphatic heterocycles. The van der Waals surface area contributed by atoms with E-state index in [2.05, 4.69) is 0 Å². The first-order chi connectivity index (χ1) is 10.7. The molecule has 0 aromatic heterocycles. The summed E-state index contributed by atoms with van der Waals surface area (Å²) in [6, 6.07) is 9.65. The zero-order chi connectivity index (χ0) is 17.2. The predicted molar refractivity (Wildman–Crippen MR) is 87.9 cm³/mol. The molecule has 0 heterocycles. The summed E-state index contributed by atoms with van der Waals surface area (Å²) >= 11 is 5.79. The molecule has 2 aromatic rings. The SMILES string of the molecule is Cc1ccc(C)c(COC(=O)c2ccc(Cl)c(S(N)(=O)=O)c2)c1. The van der Waals surface area contributed by atoms with E-state index < -0.39 is 16.0 Å². The van der Waals surface area contributed by atoms with Gasteiger partial charge in [0.05, 0.1) is 10.6 Å². The third-order valence-corrected chi connectivity index (χ3v) is 4.73. The van der Waals surface area contributed by atoms with Crippen molar-refractivity contribution in [3.63, 3.8) is 0 Å². The average molecular weight is 354 g/mol. The van der Waals surface area contributed by atoms with Crippen molar-refractivity contribution in [2.45, 2.75) is 25.3 Å². The van der Waals surface area contributed by atoms with Crippen LogP contribution in [0, 0.1) is 13.8 Å². The zero-order valence-electron chi connectivity index (χ0n) is 12.7. The van der Waals surface area contributed by atoms with Crippen LogP contribution in [0.3, 0.4) is 0 Å². The summed E-state index contributed by atoms with van der Waals surface area (Å²) in [6.45, 7) is 3.96. The van der Waals surface area contributed by atoms with Gasteiger partial charge in [-0.25, -0.2) is 18.4 Å². The van der Waals surface area contributed by atoms with Gasteiger partial charge in [0.1, 0.15) is 11.5 Å². The fourth-order valence-electron chi connectivity index (χ4n) is 2.03. The number of hydrogen-bond donors (Lipinski definition) is 1. The Balaban J connectivity index is 2.20. The lowest BCUT2D eigenvalue weighted by Crippen LogP contribution is -2.14. The Kier molecular flexibility index (Phi) is 5.09. The minimum absolute atomic E-state index is 0.0430. The number of nitrogens with two attached hydrogens (primary N) is 1.